The summed E-state index contributed by atoms with van der Waals surface area (Å²) in [5, 5.41) is 5.13. The van der Waals surface area contributed by atoms with Crippen LogP contribution in [0.1, 0.15) is 12.3 Å². The van der Waals surface area contributed by atoms with E-state index in [1.807, 2.05) is 35.7 Å². The maximum Gasteiger partial charge on any atom is 0.231 e. The van der Waals surface area contributed by atoms with Crippen molar-refractivity contribution in [1.82, 2.24) is 9.97 Å². The minimum Gasteiger partial charge on any atom is -0.441 e. The van der Waals surface area contributed by atoms with Crippen molar-refractivity contribution in [2.75, 3.05) is 22.9 Å². The third-order valence-electron chi connectivity index (χ3n) is 4.95. The number of amides is 1. The van der Waals surface area contributed by atoms with Crippen molar-refractivity contribution < 1.29 is 17.6 Å². The number of oxazole rings is 1. The van der Waals surface area contributed by atoms with E-state index in [2.05, 4.69) is 15.3 Å². The first-order valence-electron chi connectivity index (χ1n) is 10.1. The van der Waals surface area contributed by atoms with Gasteiger partial charge in [0.05, 0.1) is 23.8 Å². The predicted molar refractivity (Wildman–Crippen MR) is 130 cm³/mol. The summed E-state index contributed by atoms with van der Waals surface area (Å²) in [6.07, 6.45) is 3.41. The molecule has 2 aromatic heterocycles. The van der Waals surface area contributed by atoms with Crippen molar-refractivity contribution >= 4 is 38.1 Å². The lowest BCUT2D eigenvalue weighted by atomic mass is 10.1. The Balaban J connectivity index is 1.33. The molecule has 0 aliphatic rings. The van der Waals surface area contributed by atoms with Gasteiger partial charge in [-0.05, 0) is 12.1 Å². The number of benzene rings is 2. The number of carbonyl (C=O) groups is 1. The van der Waals surface area contributed by atoms with E-state index in [0.717, 1.165) is 17.4 Å². The highest BCUT2D eigenvalue weighted by Crippen LogP contribution is 2.27. The molecule has 0 aliphatic carbocycles. The number of sulfonamides is 1. The van der Waals surface area contributed by atoms with Crippen LogP contribution in [0.15, 0.2) is 70.6 Å². The van der Waals surface area contributed by atoms with Gasteiger partial charge in [-0.3, -0.25) is 9.10 Å². The monoisotopic (exact) mass is 482 g/mol. The lowest BCUT2D eigenvalue weighted by molar-refractivity contribution is -0.116. The first-order valence-corrected chi connectivity index (χ1v) is 12.8. The number of aryl methyl sites for hydroxylation is 1. The summed E-state index contributed by atoms with van der Waals surface area (Å²) < 4.78 is 30.3. The lowest BCUT2D eigenvalue weighted by Gasteiger charge is -2.16. The molecule has 4 aromatic rings. The van der Waals surface area contributed by atoms with E-state index in [-0.39, 0.29) is 12.3 Å². The number of nitrogens with zero attached hydrogens (tertiary/aromatic N) is 3. The fraction of sp³-hybridized carbons (Fsp3) is 0.174. The summed E-state index contributed by atoms with van der Waals surface area (Å²) in [5.41, 5.74) is 3.02. The Bertz CT molecular complexity index is 1350. The number of carbonyl (C=O) groups excluding carboxylic acids is 1. The first kappa shape index (κ1) is 22.7. The molecule has 0 unspecified atom stereocenters. The second-order valence-electron chi connectivity index (χ2n) is 7.35. The van der Waals surface area contributed by atoms with Crippen LogP contribution < -0.4 is 9.62 Å². The van der Waals surface area contributed by atoms with Crippen LogP contribution in [0.4, 0.5) is 10.8 Å². The predicted octanol–water partition coefficient (Wildman–Crippen LogP) is 4.43. The smallest absolute Gasteiger partial charge is 0.231 e. The molecule has 8 nitrogen and oxygen atoms in total. The molecule has 0 aliphatic heterocycles. The first-order chi connectivity index (χ1) is 15.8. The van der Waals surface area contributed by atoms with Crippen molar-refractivity contribution in [3.63, 3.8) is 0 Å². The van der Waals surface area contributed by atoms with Crippen molar-refractivity contribution in [3.05, 3.63) is 72.1 Å². The fourth-order valence-electron chi connectivity index (χ4n) is 3.06. The number of hydrogen-bond acceptors (Lipinski definition) is 7. The zero-order valence-electron chi connectivity index (χ0n) is 18.1. The maximum absolute atomic E-state index is 12.3. The summed E-state index contributed by atoms with van der Waals surface area (Å²) in [4.78, 5) is 21.1. The Morgan fingerprint density at radius 3 is 2.52 bits per heavy atom. The molecule has 0 saturated heterocycles. The van der Waals surface area contributed by atoms with Gasteiger partial charge in [0, 0.05) is 36.4 Å². The molecule has 0 atom stereocenters. The second-order valence-corrected chi connectivity index (χ2v) is 10.2. The summed E-state index contributed by atoms with van der Waals surface area (Å²) >= 11 is 1.32. The van der Waals surface area contributed by atoms with E-state index < -0.39 is 10.0 Å². The lowest BCUT2D eigenvalue weighted by Crippen LogP contribution is -2.24. The van der Waals surface area contributed by atoms with Gasteiger partial charge in [-0.25, -0.2) is 18.4 Å². The zero-order valence-corrected chi connectivity index (χ0v) is 19.7. The number of anilines is 2. The summed E-state index contributed by atoms with van der Waals surface area (Å²) in [6.45, 7) is 0. The van der Waals surface area contributed by atoms with E-state index in [1.165, 1.54) is 22.7 Å². The Kier molecular flexibility index (Phi) is 6.57. The number of nitrogens with one attached hydrogen (secondary N) is 1. The van der Waals surface area contributed by atoms with Crippen LogP contribution >= 0.6 is 11.3 Å². The van der Waals surface area contributed by atoms with E-state index >= 15 is 0 Å². The van der Waals surface area contributed by atoms with Crippen LogP contribution in [0, 0.1) is 0 Å². The van der Waals surface area contributed by atoms with Crippen LogP contribution in [0.2, 0.25) is 0 Å². The van der Waals surface area contributed by atoms with Crippen LogP contribution in [0.25, 0.3) is 22.6 Å². The van der Waals surface area contributed by atoms with E-state index in [4.69, 9.17) is 4.42 Å². The minimum absolute atomic E-state index is 0.180. The second kappa shape index (κ2) is 9.55. The molecule has 2 aromatic carbocycles. The molecule has 0 bridgehead atoms. The number of aromatic nitrogens is 2. The van der Waals surface area contributed by atoms with Crippen molar-refractivity contribution in [1.29, 1.82) is 0 Å². The van der Waals surface area contributed by atoms with Gasteiger partial charge in [-0.15, -0.1) is 11.3 Å². The highest BCUT2D eigenvalue weighted by Gasteiger charge is 2.14. The number of hydrogen-bond donors (Lipinski definition) is 1. The fourth-order valence-corrected chi connectivity index (χ4v) is 4.30. The average molecular weight is 483 g/mol. The van der Waals surface area contributed by atoms with Crippen molar-refractivity contribution in [3.8, 4) is 22.6 Å². The number of rotatable bonds is 8. The van der Waals surface area contributed by atoms with Gasteiger partial charge in [-0.2, -0.15) is 0 Å². The maximum atomic E-state index is 12.3. The molecule has 33 heavy (non-hydrogen) atoms. The Morgan fingerprint density at radius 1 is 1.09 bits per heavy atom. The molecule has 4 rings (SSSR count). The van der Waals surface area contributed by atoms with Crippen LogP contribution in [0.3, 0.4) is 0 Å². The summed E-state index contributed by atoms with van der Waals surface area (Å²) in [6, 6.07) is 16.7. The van der Waals surface area contributed by atoms with Crippen LogP contribution in [-0.4, -0.2) is 37.6 Å². The van der Waals surface area contributed by atoms with E-state index in [9.17, 15) is 13.2 Å². The van der Waals surface area contributed by atoms with E-state index in [0.29, 0.717) is 34.6 Å². The van der Waals surface area contributed by atoms with Gasteiger partial charge >= 0.3 is 0 Å². The highest BCUT2D eigenvalue weighted by atomic mass is 32.2. The molecular weight excluding hydrogens is 460 g/mol. The topological polar surface area (TPSA) is 105 Å². The Labute approximate surface area is 196 Å². The van der Waals surface area contributed by atoms with Gasteiger partial charge in [-0.1, -0.05) is 42.5 Å². The number of thiazole rings is 1. The summed E-state index contributed by atoms with van der Waals surface area (Å²) in [7, 11) is -1.82. The normalized spacial score (nSPS) is 11.3. The molecule has 2 heterocycles. The third kappa shape index (κ3) is 5.65. The summed E-state index contributed by atoms with van der Waals surface area (Å²) in [5.74, 6) is 0.993. The Hall–Kier alpha value is -3.50. The molecule has 0 fully saturated rings. The third-order valence-corrected chi connectivity index (χ3v) is 6.92. The van der Waals surface area contributed by atoms with Crippen molar-refractivity contribution in [2.45, 2.75) is 12.8 Å². The van der Waals surface area contributed by atoms with Gasteiger partial charge in [0.15, 0.2) is 16.8 Å². The van der Waals surface area contributed by atoms with E-state index in [1.54, 1.807) is 30.5 Å². The SMILES string of the molecule is CN(c1ccc(-c2csc(NC(=O)CCc3ncc(-c4ccccc4)o3)n2)cc1)S(C)(=O)=O. The van der Waals surface area contributed by atoms with Crippen molar-refractivity contribution in [2.24, 2.45) is 0 Å². The zero-order chi connectivity index (χ0) is 23.4. The van der Waals surface area contributed by atoms with Crippen LogP contribution in [-0.2, 0) is 21.2 Å². The Morgan fingerprint density at radius 2 is 1.82 bits per heavy atom. The van der Waals surface area contributed by atoms with Gasteiger partial charge in [0.1, 0.15) is 0 Å². The highest BCUT2D eigenvalue weighted by molar-refractivity contribution is 7.92. The molecule has 10 heteroatoms. The molecule has 0 spiro atoms. The quantitative estimate of drug-likeness (QED) is 0.398. The molecule has 0 radical (unpaired) electrons. The largest absolute Gasteiger partial charge is 0.441 e. The molecule has 1 N–H and O–H groups in total. The molecule has 170 valence electrons. The van der Waals surface area contributed by atoms with Gasteiger partial charge in [0.2, 0.25) is 15.9 Å². The molecule has 0 saturated carbocycles. The standard InChI is InChI=1S/C23H22N4O4S2/c1-27(33(2,29)30)18-10-8-16(9-11-18)19-15-32-23(25-19)26-21(28)12-13-22-24-14-20(31-22)17-6-4-3-5-7-17/h3-11,14-15H,12-13H2,1-2H3,(H,25,26,28). The van der Waals surface area contributed by atoms with Gasteiger partial charge in [0.25, 0.3) is 0 Å². The average Bonchev–Trinajstić information content (AvgIpc) is 3.47. The van der Waals surface area contributed by atoms with Gasteiger partial charge < -0.3 is 9.73 Å². The minimum atomic E-state index is -3.32. The molecular formula is C23H22N4O4S2. The molecule has 1 amide bonds. The van der Waals surface area contributed by atoms with Crippen LogP contribution in [0.5, 0.6) is 0 Å².